The van der Waals surface area contributed by atoms with E-state index < -0.39 is 0 Å². The van der Waals surface area contributed by atoms with Gasteiger partial charge in [0.15, 0.2) is 0 Å². The molecule has 3 N–H and O–H groups in total. The smallest absolute Gasteiger partial charge is 0.124 e. The van der Waals surface area contributed by atoms with Crippen molar-refractivity contribution in [2.24, 2.45) is 5.73 Å². The number of thiophene rings is 1. The van der Waals surface area contributed by atoms with Gasteiger partial charge in [-0.25, -0.2) is 0 Å². The van der Waals surface area contributed by atoms with Crippen molar-refractivity contribution in [2.75, 3.05) is 5.32 Å². The lowest BCUT2D eigenvalue weighted by atomic mass is 10.3. The zero-order valence-electron chi connectivity index (χ0n) is 8.81. The fourth-order valence-electron chi connectivity index (χ4n) is 1.37. The number of pyridine rings is 1. The third kappa shape index (κ3) is 3.02. The Balaban J connectivity index is 2.14. The summed E-state index contributed by atoms with van der Waals surface area (Å²) in [5, 5.41) is 5.33. The quantitative estimate of drug-likeness (QED) is 0.847. The highest BCUT2D eigenvalue weighted by molar-refractivity contribution is 9.10. The van der Waals surface area contributed by atoms with Gasteiger partial charge in [0, 0.05) is 15.5 Å². The largest absolute Gasteiger partial charge is 0.388 e. The molecule has 0 unspecified atom stereocenters. The SMILES string of the molecule is NC(=S)c1ncccc1NCc1sccc1Br. The summed E-state index contributed by atoms with van der Waals surface area (Å²) in [6, 6.07) is 5.80. The predicted octanol–water partition coefficient (Wildman–Crippen LogP) is 3.15. The summed E-state index contributed by atoms with van der Waals surface area (Å²) in [5.74, 6) is 0. The van der Waals surface area contributed by atoms with Crippen LogP contribution in [0.15, 0.2) is 34.2 Å². The van der Waals surface area contributed by atoms with Crippen molar-refractivity contribution in [3.8, 4) is 0 Å². The van der Waals surface area contributed by atoms with Gasteiger partial charge >= 0.3 is 0 Å². The second-order valence-electron chi connectivity index (χ2n) is 3.31. The van der Waals surface area contributed by atoms with Crippen LogP contribution < -0.4 is 11.1 Å². The summed E-state index contributed by atoms with van der Waals surface area (Å²) in [6.07, 6.45) is 1.68. The monoisotopic (exact) mass is 327 g/mol. The normalized spacial score (nSPS) is 10.2. The minimum atomic E-state index is 0.304. The summed E-state index contributed by atoms with van der Waals surface area (Å²) < 4.78 is 1.11. The third-order valence-corrected chi connectivity index (χ3v) is 4.29. The molecule has 0 fully saturated rings. The van der Waals surface area contributed by atoms with Gasteiger partial charge in [-0.3, -0.25) is 4.98 Å². The number of aromatic nitrogens is 1. The first-order valence-electron chi connectivity index (χ1n) is 4.89. The highest BCUT2D eigenvalue weighted by Crippen LogP contribution is 2.24. The molecule has 3 nitrogen and oxygen atoms in total. The van der Waals surface area contributed by atoms with Gasteiger partial charge in [-0.05, 0) is 39.5 Å². The van der Waals surface area contributed by atoms with Gasteiger partial charge in [0.25, 0.3) is 0 Å². The van der Waals surface area contributed by atoms with E-state index in [-0.39, 0.29) is 0 Å². The van der Waals surface area contributed by atoms with Gasteiger partial charge in [0.1, 0.15) is 10.7 Å². The zero-order chi connectivity index (χ0) is 12.3. The minimum Gasteiger partial charge on any atom is -0.388 e. The first kappa shape index (κ1) is 12.5. The second kappa shape index (κ2) is 5.57. The number of anilines is 1. The molecule has 0 radical (unpaired) electrons. The van der Waals surface area contributed by atoms with Crippen LogP contribution in [0.5, 0.6) is 0 Å². The van der Waals surface area contributed by atoms with E-state index in [1.807, 2.05) is 23.6 Å². The molecule has 0 aliphatic rings. The molecule has 0 aromatic carbocycles. The van der Waals surface area contributed by atoms with Crippen molar-refractivity contribution in [3.63, 3.8) is 0 Å². The maximum atomic E-state index is 5.62. The zero-order valence-corrected chi connectivity index (χ0v) is 12.0. The number of hydrogen-bond acceptors (Lipinski definition) is 4. The fraction of sp³-hybridized carbons (Fsp3) is 0.0909. The Labute approximate surface area is 117 Å². The number of nitrogens with two attached hydrogens (primary N) is 1. The Bertz CT molecular complexity index is 539. The number of thiocarbonyl (C=S) groups is 1. The lowest BCUT2D eigenvalue weighted by Crippen LogP contribution is -2.14. The van der Waals surface area contributed by atoms with Crippen molar-refractivity contribution in [1.82, 2.24) is 4.98 Å². The molecule has 0 aliphatic carbocycles. The van der Waals surface area contributed by atoms with Crippen LogP contribution in [-0.2, 0) is 6.54 Å². The van der Waals surface area contributed by atoms with E-state index in [9.17, 15) is 0 Å². The van der Waals surface area contributed by atoms with Crippen molar-refractivity contribution in [1.29, 1.82) is 0 Å². The molecule has 0 bridgehead atoms. The average molecular weight is 328 g/mol. The van der Waals surface area contributed by atoms with Crippen LogP contribution in [-0.4, -0.2) is 9.97 Å². The molecule has 2 heterocycles. The first-order chi connectivity index (χ1) is 8.18. The van der Waals surface area contributed by atoms with E-state index in [0.29, 0.717) is 10.7 Å². The maximum absolute atomic E-state index is 5.62. The molecule has 2 aromatic rings. The summed E-state index contributed by atoms with van der Waals surface area (Å²) in [6.45, 7) is 0.722. The number of halogens is 1. The van der Waals surface area contributed by atoms with Gasteiger partial charge in [-0.2, -0.15) is 0 Å². The molecule has 0 atom stereocenters. The molecule has 0 saturated heterocycles. The van der Waals surface area contributed by atoms with Crippen molar-refractivity contribution < 1.29 is 0 Å². The molecular weight excluding hydrogens is 318 g/mol. The first-order valence-corrected chi connectivity index (χ1v) is 6.97. The van der Waals surface area contributed by atoms with Crippen LogP contribution in [0.25, 0.3) is 0 Å². The van der Waals surface area contributed by atoms with E-state index >= 15 is 0 Å². The highest BCUT2D eigenvalue weighted by Gasteiger charge is 2.07. The standard InChI is InChI=1S/C11H10BrN3S2/c12-7-3-5-17-9(7)6-15-8-2-1-4-14-10(8)11(13)16/h1-5,15H,6H2,(H2,13,16). The van der Waals surface area contributed by atoms with Crippen LogP contribution >= 0.6 is 39.5 Å². The molecule has 0 amide bonds. The van der Waals surface area contributed by atoms with Gasteiger partial charge < -0.3 is 11.1 Å². The van der Waals surface area contributed by atoms with Gasteiger partial charge in [0.05, 0.1) is 12.2 Å². The fourth-order valence-corrected chi connectivity index (χ4v) is 2.97. The average Bonchev–Trinajstić information content (AvgIpc) is 2.72. The molecule has 88 valence electrons. The molecule has 6 heteroatoms. The Hall–Kier alpha value is -0.980. The van der Waals surface area contributed by atoms with Gasteiger partial charge in [0.2, 0.25) is 0 Å². The van der Waals surface area contributed by atoms with E-state index in [1.165, 1.54) is 4.88 Å². The predicted molar refractivity (Wildman–Crippen MR) is 79.5 cm³/mol. The second-order valence-corrected chi connectivity index (χ2v) is 5.60. The van der Waals surface area contributed by atoms with Crippen molar-refractivity contribution >= 4 is 50.2 Å². The molecular formula is C11H10BrN3S2. The highest BCUT2D eigenvalue weighted by atomic mass is 79.9. The summed E-state index contributed by atoms with van der Waals surface area (Å²) in [5.41, 5.74) is 7.11. The Morgan fingerprint density at radius 1 is 1.53 bits per heavy atom. The molecule has 2 rings (SSSR count). The van der Waals surface area contributed by atoms with Gasteiger partial charge in [-0.15, -0.1) is 11.3 Å². The molecule has 2 aromatic heterocycles. The lowest BCUT2D eigenvalue weighted by Gasteiger charge is -2.09. The molecule has 0 spiro atoms. The van der Waals surface area contributed by atoms with Crippen molar-refractivity contribution in [2.45, 2.75) is 6.54 Å². The Morgan fingerprint density at radius 3 is 3.00 bits per heavy atom. The minimum absolute atomic E-state index is 0.304. The van der Waals surface area contributed by atoms with Crippen LogP contribution in [0.2, 0.25) is 0 Å². The number of nitrogens with one attached hydrogen (secondary N) is 1. The summed E-state index contributed by atoms with van der Waals surface area (Å²) in [7, 11) is 0. The van der Waals surface area contributed by atoms with E-state index in [2.05, 4.69) is 26.2 Å². The van der Waals surface area contributed by atoms with Crippen LogP contribution in [0.4, 0.5) is 5.69 Å². The maximum Gasteiger partial charge on any atom is 0.124 e. The Kier molecular flexibility index (Phi) is 4.09. The molecule has 0 saturated carbocycles. The number of hydrogen-bond donors (Lipinski definition) is 2. The van der Waals surface area contributed by atoms with E-state index in [4.69, 9.17) is 18.0 Å². The van der Waals surface area contributed by atoms with Crippen LogP contribution in [0.3, 0.4) is 0 Å². The van der Waals surface area contributed by atoms with E-state index in [0.717, 1.165) is 16.7 Å². The summed E-state index contributed by atoms with van der Waals surface area (Å²) >= 11 is 10.1. The number of rotatable bonds is 4. The van der Waals surface area contributed by atoms with Gasteiger partial charge in [-0.1, -0.05) is 12.2 Å². The Morgan fingerprint density at radius 2 is 2.35 bits per heavy atom. The number of nitrogens with zero attached hydrogens (tertiary/aromatic N) is 1. The van der Waals surface area contributed by atoms with Crippen LogP contribution in [0, 0.1) is 0 Å². The topological polar surface area (TPSA) is 50.9 Å². The third-order valence-electron chi connectivity index (χ3n) is 2.17. The van der Waals surface area contributed by atoms with Crippen molar-refractivity contribution in [3.05, 3.63) is 44.8 Å². The molecule has 0 aliphatic heterocycles. The van der Waals surface area contributed by atoms with Crippen LogP contribution in [0.1, 0.15) is 10.6 Å². The summed E-state index contributed by atoms with van der Waals surface area (Å²) in [4.78, 5) is 5.69. The molecule has 17 heavy (non-hydrogen) atoms. The van der Waals surface area contributed by atoms with E-state index in [1.54, 1.807) is 17.5 Å². The lowest BCUT2D eigenvalue weighted by molar-refractivity contribution is 1.16.